The fourth-order valence-electron chi connectivity index (χ4n) is 2.38. The van der Waals surface area contributed by atoms with E-state index >= 15 is 0 Å². The van der Waals surface area contributed by atoms with Crippen molar-refractivity contribution >= 4 is 17.6 Å². The van der Waals surface area contributed by atoms with Gasteiger partial charge < -0.3 is 15.5 Å². The lowest BCUT2D eigenvalue weighted by molar-refractivity contribution is 0.318. The average Bonchev–Trinajstić information content (AvgIpc) is 2.91. The Morgan fingerprint density at radius 3 is 2.95 bits per heavy atom. The summed E-state index contributed by atoms with van der Waals surface area (Å²) in [7, 11) is 1.86. The molecule has 2 aromatic rings. The van der Waals surface area contributed by atoms with Crippen LogP contribution in [0.2, 0.25) is 0 Å². The lowest BCUT2D eigenvalue weighted by Crippen LogP contribution is -2.18. The van der Waals surface area contributed by atoms with E-state index in [1.165, 1.54) is 17.3 Å². The molecule has 21 heavy (non-hydrogen) atoms. The summed E-state index contributed by atoms with van der Waals surface area (Å²) in [5.74, 6) is 0.0699. The molecule has 1 aliphatic rings. The molecular formula is C13H16N6OS. The van der Waals surface area contributed by atoms with Crippen LogP contribution in [0.5, 0.6) is 0 Å². The minimum atomic E-state index is 0.0699. The average molecular weight is 304 g/mol. The molecule has 0 spiro atoms. The molecule has 0 unspecified atom stereocenters. The Kier molecular flexibility index (Phi) is 3.78. The van der Waals surface area contributed by atoms with Crippen molar-refractivity contribution < 1.29 is 5.21 Å². The highest BCUT2D eigenvalue weighted by atomic mass is 32.2. The van der Waals surface area contributed by atoms with E-state index in [1.54, 1.807) is 6.33 Å². The van der Waals surface area contributed by atoms with Gasteiger partial charge in [0.05, 0.1) is 5.56 Å². The molecule has 110 valence electrons. The minimum Gasteiger partial charge on any atom is -0.409 e. The SMILES string of the molecule is Cn1cnnc1Sc1nc2c(cc1C(N)=NO)CCCC2. The van der Waals surface area contributed by atoms with Crippen molar-refractivity contribution in [3.8, 4) is 0 Å². The Bertz CT molecular complexity index is 696. The number of fused-ring (bicyclic) bond motifs is 1. The number of amidine groups is 1. The number of rotatable bonds is 3. The Morgan fingerprint density at radius 2 is 2.24 bits per heavy atom. The standard InChI is InChI=1S/C13H16N6OS/c1-19-7-15-17-13(19)21-12-9(11(14)18-20)6-8-4-2-3-5-10(8)16-12/h6-7,20H,2-5H2,1H3,(H2,14,18). The highest BCUT2D eigenvalue weighted by Gasteiger charge is 2.19. The number of nitrogens with zero attached hydrogens (tertiary/aromatic N) is 5. The monoisotopic (exact) mass is 304 g/mol. The Hall–Kier alpha value is -2.09. The molecule has 8 heteroatoms. The van der Waals surface area contributed by atoms with Gasteiger partial charge in [-0.1, -0.05) is 5.16 Å². The Labute approximate surface area is 126 Å². The van der Waals surface area contributed by atoms with Crippen LogP contribution in [0.15, 0.2) is 27.7 Å². The van der Waals surface area contributed by atoms with E-state index in [4.69, 9.17) is 15.9 Å². The number of aryl methyl sites for hydroxylation is 3. The van der Waals surface area contributed by atoms with Crippen LogP contribution in [0.4, 0.5) is 0 Å². The van der Waals surface area contributed by atoms with Gasteiger partial charge in [0, 0.05) is 12.7 Å². The molecule has 3 rings (SSSR count). The fraction of sp³-hybridized carbons (Fsp3) is 0.385. The predicted octanol–water partition coefficient (Wildman–Crippen LogP) is 1.33. The van der Waals surface area contributed by atoms with Gasteiger partial charge in [-0.15, -0.1) is 10.2 Å². The molecule has 0 aromatic carbocycles. The number of hydrogen-bond donors (Lipinski definition) is 2. The summed E-state index contributed by atoms with van der Waals surface area (Å²) >= 11 is 1.37. The van der Waals surface area contributed by atoms with Crippen LogP contribution >= 0.6 is 11.8 Å². The highest BCUT2D eigenvalue weighted by molar-refractivity contribution is 7.99. The van der Waals surface area contributed by atoms with Crippen molar-refractivity contribution in [3.63, 3.8) is 0 Å². The van der Waals surface area contributed by atoms with E-state index in [1.807, 2.05) is 17.7 Å². The van der Waals surface area contributed by atoms with Crippen LogP contribution in [0.3, 0.4) is 0 Å². The second-order valence-electron chi connectivity index (χ2n) is 4.97. The molecule has 1 aliphatic carbocycles. The van der Waals surface area contributed by atoms with E-state index in [-0.39, 0.29) is 5.84 Å². The molecule has 3 N–H and O–H groups in total. The molecule has 0 saturated carbocycles. The number of hydrogen-bond acceptors (Lipinski definition) is 6. The maximum Gasteiger partial charge on any atom is 0.197 e. The van der Waals surface area contributed by atoms with Gasteiger partial charge in [-0.2, -0.15) is 0 Å². The lowest BCUT2D eigenvalue weighted by atomic mass is 9.95. The van der Waals surface area contributed by atoms with Crippen molar-refractivity contribution in [2.75, 3.05) is 0 Å². The molecule has 2 heterocycles. The smallest absolute Gasteiger partial charge is 0.197 e. The van der Waals surface area contributed by atoms with Gasteiger partial charge in [0.1, 0.15) is 11.4 Å². The lowest BCUT2D eigenvalue weighted by Gasteiger charge is -2.17. The molecule has 0 bridgehead atoms. The van der Waals surface area contributed by atoms with E-state index < -0.39 is 0 Å². The van der Waals surface area contributed by atoms with E-state index in [2.05, 4.69) is 15.4 Å². The van der Waals surface area contributed by atoms with Gasteiger partial charge in [-0.25, -0.2) is 4.98 Å². The third kappa shape index (κ3) is 2.71. The van der Waals surface area contributed by atoms with Gasteiger partial charge in [0.25, 0.3) is 0 Å². The van der Waals surface area contributed by atoms with E-state index in [0.717, 1.165) is 31.4 Å². The summed E-state index contributed by atoms with van der Waals surface area (Å²) in [6.07, 6.45) is 5.89. The molecule has 0 amide bonds. The third-order valence-electron chi connectivity index (χ3n) is 3.51. The summed E-state index contributed by atoms with van der Waals surface area (Å²) < 4.78 is 1.81. The quantitative estimate of drug-likeness (QED) is 0.384. The first-order valence-corrected chi connectivity index (χ1v) is 7.53. The summed E-state index contributed by atoms with van der Waals surface area (Å²) in [6.45, 7) is 0. The normalized spacial score (nSPS) is 15.0. The first-order valence-electron chi connectivity index (χ1n) is 6.71. The summed E-state index contributed by atoms with van der Waals surface area (Å²) in [5.41, 5.74) is 8.73. The van der Waals surface area contributed by atoms with Crippen LogP contribution in [-0.2, 0) is 19.9 Å². The van der Waals surface area contributed by atoms with Crippen molar-refractivity contribution in [2.24, 2.45) is 17.9 Å². The molecule has 0 atom stereocenters. The van der Waals surface area contributed by atoms with Crippen molar-refractivity contribution in [1.82, 2.24) is 19.7 Å². The summed E-state index contributed by atoms with van der Waals surface area (Å²) in [4.78, 5) is 4.71. The zero-order valence-corrected chi connectivity index (χ0v) is 12.5. The number of pyridine rings is 1. The topological polar surface area (TPSA) is 102 Å². The van der Waals surface area contributed by atoms with Gasteiger partial charge in [-0.05, 0) is 49.1 Å². The zero-order valence-electron chi connectivity index (χ0n) is 11.7. The van der Waals surface area contributed by atoms with Crippen LogP contribution in [0, 0.1) is 0 Å². The molecule has 0 aliphatic heterocycles. The van der Waals surface area contributed by atoms with Crippen molar-refractivity contribution in [2.45, 2.75) is 35.9 Å². The molecule has 7 nitrogen and oxygen atoms in total. The first kappa shape index (κ1) is 13.9. The first-order chi connectivity index (χ1) is 10.2. The van der Waals surface area contributed by atoms with Crippen LogP contribution in [0.25, 0.3) is 0 Å². The second kappa shape index (κ2) is 5.72. The van der Waals surface area contributed by atoms with Crippen LogP contribution in [-0.4, -0.2) is 30.8 Å². The minimum absolute atomic E-state index is 0.0699. The summed E-state index contributed by atoms with van der Waals surface area (Å²) in [6, 6.07) is 1.98. The van der Waals surface area contributed by atoms with Crippen LogP contribution < -0.4 is 5.73 Å². The molecule has 0 saturated heterocycles. The number of nitrogens with two attached hydrogens (primary N) is 1. The molecule has 2 aromatic heterocycles. The number of aromatic nitrogens is 4. The zero-order chi connectivity index (χ0) is 14.8. The van der Waals surface area contributed by atoms with Crippen molar-refractivity contribution in [1.29, 1.82) is 0 Å². The highest BCUT2D eigenvalue weighted by Crippen LogP contribution is 2.31. The fourth-order valence-corrected chi connectivity index (χ4v) is 3.26. The predicted molar refractivity (Wildman–Crippen MR) is 78.5 cm³/mol. The second-order valence-corrected chi connectivity index (χ2v) is 5.92. The molecule has 0 fully saturated rings. The van der Waals surface area contributed by atoms with E-state index in [9.17, 15) is 0 Å². The number of oxime groups is 1. The van der Waals surface area contributed by atoms with Gasteiger partial charge >= 0.3 is 0 Å². The third-order valence-corrected chi connectivity index (χ3v) is 4.56. The molecular weight excluding hydrogens is 288 g/mol. The van der Waals surface area contributed by atoms with Gasteiger partial charge in [0.2, 0.25) is 0 Å². The van der Waals surface area contributed by atoms with Gasteiger partial charge in [0.15, 0.2) is 11.0 Å². The maximum atomic E-state index is 8.99. The Morgan fingerprint density at radius 1 is 1.43 bits per heavy atom. The summed E-state index contributed by atoms with van der Waals surface area (Å²) in [5, 5.41) is 21.4. The van der Waals surface area contributed by atoms with Crippen LogP contribution in [0.1, 0.15) is 29.7 Å². The van der Waals surface area contributed by atoms with Gasteiger partial charge in [-0.3, -0.25) is 0 Å². The van der Waals surface area contributed by atoms with E-state index in [0.29, 0.717) is 15.7 Å². The van der Waals surface area contributed by atoms with Crippen molar-refractivity contribution in [3.05, 3.63) is 29.2 Å². The maximum absolute atomic E-state index is 8.99. The largest absolute Gasteiger partial charge is 0.409 e. The molecule has 0 radical (unpaired) electrons. The Balaban J connectivity index is 2.06.